The number of esters is 1. The molecule has 0 N–H and O–H groups in total. The molecule has 0 aromatic heterocycles. The lowest BCUT2D eigenvalue weighted by Gasteiger charge is -2.44. The van der Waals surface area contributed by atoms with Crippen molar-refractivity contribution in [3.63, 3.8) is 0 Å². The zero-order valence-electron chi connectivity index (χ0n) is 24.8. The third-order valence-electron chi connectivity index (χ3n) is 9.35. The van der Waals surface area contributed by atoms with Crippen LogP contribution in [0.3, 0.4) is 0 Å². The maximum absolute atomic E-state index is 14.6. The van der Waals surface area contributed by atoms with Gasteiger partial charge < -0.3 is 4.74 Å². The fourth-order valence-corrected chi connectivity index (χ4v) is 7.00. The Balaban J connectivity index is 1.40. The Kier molecular flexibility index (Phi) is 7.97. The van der Waals surface area contributed by atoms with Gasteiger partial charge in [-0.25, -0.2) is 9.80 Å². The SMILES string of the molecule is C[C@@H]1CC[C@@H](C(C)(C)c2ccccc2)[C@H](OC(=O)[C@@H]2[C@@H](c3ccccc3)C(c3ccccc3)=NN2c2ccccc2)C1. The lowest BCUT2D eigenvalue weighted by atomic mass is 9.64. The molecule has 1 aliphatic heterocycles. The Morgan fingerprint density at radius 2 is 1.36 bits per heavy atom. The van der Waals surface area contributed by atoms with Gasteiger partial charge in [0.1, 0.15) is 6.10 Å². The van der Waals surface area contributed by atoms with Crippen molar-refractivity contribution in [1.82, 2.24) is 0 Å². The minimum atomic E-state index is -0.622. The van der Waals surface area contributed by atoms with E-state index in [1.165, 1.54) is 5.56 Å². The first-order chi connectivity index (χ1) is 20.4. The third kappa shape index (κ3) is 5.51. The van der Waals surface area contributed by atoms with Crippen molar-refractivity contribution >= 4 is 17.4 Å². The Labute approximate surface area is 250 Å². The van der Waals surface area contributed by atoms with Crippen LogP contribution in [0.15, 0.2) is 126 Å². The number of nitrogens with zero attached hydrogens (tertiary/aromatic N) is 2. The number of para-hydroxylation sites is 1. The van der Waals surface area contributed by atoms with Crippen molar-refractivity contribution in [3.05, 3.63) is 138 Å². The molecule has 0 bridgehead atoms. The molecular weight excluding hydrogens is 516 g/mol. The lowest BCUT2D eigenvalue weighted by Crippen LogP contribution is -2.47. The van der Waals surface area contributed by atoms with Crippen LogP contribution in [-0.2, 0) is 14.9 Å². The average molecular weight is 557 g/mol. The Morgan fingerprint density at radius 1 is 0.786 bits per heavy atom. The second-order valence-electron chi connectivity index (χ2n) is 12.5. The predicted octanol–water partition coefficient (Wildman–Crippen LogP) is 8.39. The van der Waals surface area contributed by atoms with Gasteiger partial charge in [-0.3, -0.25) is 0 Å². The Bertz CT molecular complexity index is 1500. The van der Waals surface area contributed by atoms with Crippen LogP contribution in [0.25, 0.3) is 0 Å². The van der Waals surface area contributed by atoms with E-state index >= 15 is 0 Å². The van der Waals surface area contributed by atoms with Crippen LogP contribution >= 0.6 is 0 Å². The molecule has 4 aromatic rings. The van der Waals surface area contributed by atoms with Crippen molar-refractivity contribution in [2.75, 3.05) is 5.01 Å². The molecule has 214 valence electrons. The van der Waals surface area contributed by atoms with Gasteiger partial charge in [-0.2, -0.15) is 5.10 Å². The molecule has 0 unspecified atom stereocenters. The summed E-state index contributed by atoms with van der Waals surface area (Å²) in [5, 5.41) is 7.06. The maximum atomic E-state index is 14.6. The van der Waals surface area contributed by atoms with Crippen molar-refractivity contribution in [2.24, 2.45) is 16.9 Å². The Morgan fingerprint density at radius 3 is 2.00 bits per heavy atom. The van der Waals surface area contributed by atoms with Crippen LogP contribution in [0.5, 0.6) is 0 Å². The number of anilines is 1. The highest BCUT2D eigenvalue weighted by atomic mass is 16.5. The third-order valence-corrected chi connectivity index (χ3v) is 9.35. The molecule has 5 atom stereocenters. The van der Waals surface area contributed by atoms with E-state index in [4.69, 9.17) is 9.84 Å². The van der Waals surface area contributed by atoms with E-state index in [0.29, 0.717) is 5.92 Å². The first-order valence-corrected chi connectivity index (χ1v) is 15.2. The predicted molar refractivity (Wildman–Crippen MR) is 171 cm³/mol. The van der Waals surface area contributed by atoms with Gasteiger partial charge >= 0.3 is 5.97 Å². The molecule has 0 amide bonds. The quantitative estimate of drug-likeness (QED) is 0.215. The van der Waals surface area contributed by atoms with Crippen LogP contribution in [-0.4, -0.2) is 23.8 Å². The molecule has 4 aromatic carbocycles. The average Bonchev–Trinajstić information content (AvgIpc) is 3.44. The van der Waals surface area contributed by atoms with E-state index in [1.807, 2.05) is 71.7 Å². The number of hydrazone groups is 1. The number of ether oxygens (including phenoxy) is 1. The van der Waals surface area contributed by atoms with E-state index < -0.39 is 6.04 Å². The molecule has 1 saturated carbocycles. The number of rotatable bonds is 7. The maximum Gasteiger partial charge on any atom is 0.332 e. The zero-order chi connectivity index (χ0) is 29.1. The van der Waals surface area contributed by atoms with Crippen LogP contribution in [0.2, 0.25) is 0 Å². The second kappa shape index (κ2) is 12.0. The summed E-state index contributed by atoms with van der Waals surface area (Å²) in [5.41, 5.74) is 4.98. The number of benzene rings is 4. The first-order valence-electron chi connectivity index (χ1n) is 15.2. The van der Waals surface area contributed by atoms with Gasteiger partial charge in [0.25, 0.3) is 0 Å². The summed E-state index contributed by atoms with van der Waals surface area (Å²) < 4.78 is 6.70. The lowest BCUT2D eigenvalue weighted by molar-refractivity contribution is -0.158. The smallest absolute Gasteiger partial charge is 0.332 e. The number of carbonyl (C=O) groups excluding carboxylic acids is 1. The van der Waals surface area contributed by atoms with Gasteiger partial charge in [0.2, 0.25) is 0 Å². The monoisotopic (exact) mass is 556 g/mol. The molecule has 42 heavy (non-hydrogen) atoms. The molecular formula is C38H40N2O2. The van der Waals surface area contributed by atoms with Crippen molar-refractivity contribution in [2.45, 2.75) is 63.5 Å². The molecule has 1 aliphatic carbocycles. The second-order valence-corrected chi connectivity index (χ2v) is 12.5. The van der Waals surface area contributed by atoms with E-state index in [1.54, 1.807) is 0 Å². The van der Waals surface area contributed by atoms with Gasteiger partial charge in [0, 0.05) is 5.92 Å². The highest BCUT2D eigenvalue weighted by Crippen LogP contribution is 2.45. The van der Waals surface area contributed by atoms with E-state index in [9.17, 15) is 4.79 Å². The summed E-state index contributed by atoms with van der Waals surface area (Å²) in [4.78, 5) is 14.6. The number of carbonyl (C=O) groups is 1. The van der Waals surface area contributed by atoms with E-state index in [0.717, 1.165) is 41.8 Å². The molecule has 0 radical (unpaired) electrons. The minimum Gasteiger partial charge on any atom is -0.460 e. The molecule has 6 rings (SSSR count). The number of hydrogen-bond acceptors (Lipinski definition) is 4. The van der Waals surface area contributed by atoms with Crippen LogP contribution in [0.1, 0.15) is 62.6 Å². The van der Waals surface area contributed by atoms with Crippen molar-refractivity contribution in [3.8, 4) is 0 Å². The summed E-state index contributed by atoms with van der Waals surface area (Å²) in [7, 11) is 0. The Hall–Kier alpha value is -4.18. The topological polar surface area (TPSA) is 41.9 Å². The first kappa shape index (κ1) is 28.0. The number of hydrogen-bond donors (Lipinski definition) is 0. The molecule has 0 spiro atoms. The fraction of sp³-hybridized carbons (Fsp3) is 0.316. The van der Waals surface area contributed by atoms with Crippen LogP contribution < -0.4 is 5.01 Å². The summed E-state index contributed by atoms with van der Waals surface area (Å²) in [6.07, 6.45) is 2.86. The standard InChI is InChI=1S/C38H40N2O2/c1-27-24-25-32(38(2,3)30-20-12-6-13-21-30)33(26-27)42-37(41)36-34(28-16-8-4-9-17-28)35(29-18-10-5-11-19-29)39-40(36)31-22-14-7-15-23-31/h4-23,27,32-34,36H,24-26H2,1-3H3/t27-,32-,33-,34+,36+/m1/s1. The van der Waals surface area contributed by atoms with Crippen LogP contribution in [0, 0.1) is 11.8 Å². The molecule has 2 aliphatic rings. The molecule has 0 saturated heterocycles. The van der Waals surface area contributed by atoms with Gasteiger partial charge in [-0.05, 0) is 53.0 Å². The van der Waals surface area contributed by atoms with Gasteiger partial charge in [0.15, 0.2) is 6.04 Å². The summed E-state index contributed by atoms with van der Waals surface area (Å²) in [6, 6.07) is 40.6. The fourth-order valence-electron chi connectivity index (χ4n) is 7.00. The van der Waals surface area contributed by atoms with Crippen molar-refractivity contribution < 1.29 is 9.53 Å². The highest BCUT2D eigenvalue weighted by molar-refractivity contribution is 6.11. The summed E-state index contributed by atoms with van der Waals surface area (Å²) in [6.45, 7) is 6.89. The zero-order valence-corrected chi connectivity index (χ0v) is 24.8. The van der Waals surface area contributed by atoms with E-state index in [-0.39, 0.29) is 29.3 Å². The van der Waals surface area contributed by atoms with Gasteiger partial charge in [-0.15, -0.1) is 0 Å². The van der Waals surface area contributed by atoms with Gasteiger partial charge in [-0.1, -0.05) is 136 Å². The largest absolute Gasteiger partial charge is 0.460 e. The molecule has 4 heteroatoms. The molecule has 4 nitrogen and oxygen atoms in total. The van der Waals surface area contributed by atoms with Gasteiger partial charge in [0.05, 0.1) is 17.3 Å². The van der Waals surface area contributed by atoms with Crippen LogP contribution in [0.4, 0.5) is 5.69 Å². The van der Waals surface area contributed by atoms with Crippen molar-refractivity contribution in [1.29, 1.82) is 0 Å². The molecule has 1 fully saturated rings. The highest BCUT2D eigenvalue weighted by Gasteiger charge is 2.48. The van der Waals surface area contributed by atoms with E-state index in [2.05, 4.69) is 75.4 Å². The normalized spacial score (nSPS) is 24.2. The summed E-state index contributed by atoms with van der Waals surface area (Å²) >= 11 is 0. The minimum absolute atomic E-state index is 0.133. The summed E-state index contributed by atoms with van der Waals surface area (Å²) in [5.74, 6) is 0.232. The molecule has 1 heterocycles.